The van der Waals surface area contributed by atoms with Crippen LogP contribution in [0.4, 0.5) is 17.1 Å². The molecular formula is C40H39N3O4. The van der Waals surface area contributed by atoms with Gasteiger partial charge in [0.15, 0.2) is 0 Å². The molecule has 7 heteroatoms. The number of phenols is 1. The van der Waals surface area contributed by atoms with Crippen LogP contribution >= 0.6 is 0 Å². The number of nitrogens with one attached hydrogen (secondary N) is 1. The molecule has 1 aromatic heterocycles. The molecule has 47 heavy (non-hydrogen) atoms. The van der Waals surface area contributed by atoms with Gasteiger partial charge in [0.05, 0.1) is 35.9 Å². The number of para-hydroxylation sites is 1. The van der Waals surface area contributed by atoms with Crippen molar-refractivity contribution < 1.29 is 19.4 Å². The zero-order valence-electron chi connectivity index (χ0n) is 26.7. The highest BCUT2D eigenvalue weighted by Gasteiger charge is 2.57. The molecule has 238 valence electrons. The molecule has 3 aliphatic rings. The minimum atomic E-state index is -0.426. The summed E-state index contributed by atoms with van der Waals surface area (Å²) in [6, 6.07) is 30.5. The van der Waals surface area contributed by atoms with Crippen molar-refractivity contribution >= 4 is 40.5 Å². The zero-order valence-corrected chi connectivity index (χ0v) is 26.7. The summed E-state index contributed by atoms with van der Waals surface area (Å²) in [5, 5.41) is 13.4. The molecule has 4 atom stereocenters. The Morgan fingerprint density at radius 2 is 1.70 bits per heavy atom. The third kappa shape index (κ3) is 6.11. The van der Waals surface area contributed by atoms with Crippen molar-refractivity contribution in [1.29, 1.82) is 0 Å². The number of fused-ring (bicyclic) bond motifs is 3. The van der Waals surface area contributed by atoms with E-state index in [0.717, 1.165) is 34.6 Å². The average Bonchev–Trinajstić information content (AvgIpc) is 3.61. The van der Waals surface area contributed by atoms with Gasteiger partial charge in [0.2, 0.25) is 11.8 Å². The number of aromatic nitrogens is 1. The Morgan fingerprint density at radius 3 is 2.43 bits per heavy atom. The molecule has 0 spiro atoms. The Bertz CT molecular complexity index is 1830. The first-order chi connectivity index (χ1) is 22.9. The van der Waals surface area contributed by atoms with Gasteiger partial charge in [-0.2, -0.15) is 0 Å². The summed E-state index contributed by atoms with van der Waals surface area (Å²) in [4.78, 5) is 34.1. The van der Waals surface area contributed by atoms with Crippen molar-refractivity contribution in [2.75, 3.05) is 16.8 Å². The van der Waals surface area contributed by atoms with Crippen LogP contribution in [0, 0.1) is 23.7 Å². The second-order valence-corrected chi connectivity index (χ2v) is 13.0. The molecule has 0 radical (unpaired) electrons. The van der Waals surface area contributed by atoms with Gasteiger partial charge in [-0.25, -0.2) is 0 Å². The Morgan fingerprint density at radius 1 is 0.936 bits per heavy atom. The number of benzene rings is 3. The molecule has 3 heterocycles. The Balaban J connectivity index is 1.12. The van der Waals surface area contributed by atoms with Crippen molar-refractivity contribution in [3.05, 3.63) is 126 Å². The van der Waals surface area contributed by atoms with Gasteiger partial charge >= 0.3 is 0 Å². The van der Waals surface area contributed by atoms with Crippen molar-refractivity contribution in [3.8, 4) is 5.75 Å². The Kier molecular flexibility index (Phi) is 8.48. The molecule has 2 N–H and O–H groups in total. The van der Waals surface area contributed by atoms with E-state index in [4.69, 9.17) is 4.74 Å². The first kappa shape index (κ1) is 30.6. The Labute approximate surface area is 275 Å². The van der Waals surface area contributed by atoms with E-state index in [9.17, 15) is 14.7 Å². The van der Waals surface area contributed by atoms with E-state index in [1.54, 1.807) is 18.3 Å². The number of phenolic OH excluding ortho intramolecular Hbond substituents is 1. The van der Waals surface area contributed by atoms with Crippen LogP contribution in [-0.2, 0) is 14.3 Å². The van der Waals surface area contributed by atoms with Gasteiger partial charge in [-0.1, -0.05) is 55.8 Å². The summed E-state index contributed by atoms with van der Waals surface area (Å²) in [5.41, 5.74) is 7.75. The van der Waals surface area contributed by atoms with Gasteiger partial charge < -0.3 is 15.2 Å². The normalized spacial score (nSPS) is 22.5. The maximum atomic E-state index is 14.1. The van der Waals surface area contributed by atoms with E-state index >= 15 is 0 Å². The maximum absolute atomic E-state index is 14.1. The van der Waals surface area contributed by atoms with E-state index in [1.807, 2.05) is 84.9 Å². The lowest BCUT2D eigenvalue weighted by molar-refractivity contribution is -0.122. The second kappa shape index (κ2) is 13.0. The smallest absolute Gasteiger partial charge is 0.238 e. The first-order valence-corrected chi connectivity index (χ1v) is 16.4. The quantitative estimate of drug-likeness (QED) is 0.145. The number of pyridine rings is 1. The predicted octanol–water partition coefficient (Wildman–Crippen LogP) is 8.03. The number of ether oxygens (including phenoxy) is 1. The van der Waals surface area contributed by atoms with Gasteiger partial charge in [0.1, 0.15) is 5.75 Å². The first-order valence-electron chi connectivity index (χ1n) is 16.4. The molecule has 2 aliphatic heterocycles. The third-order valence-electron chi connectivity index (χ3n) is 9.71. The molecule has 4 aromatic rings. The monoisotopic (exact) mass is 625 g/mol. The summed E-state index contributed by atoms with van der Waals surface area (Å²) in [5.74, 6) is -0.722. The van der Waals surface area contributed by atoms with Crippen LogP contribution in [0.5, 0.6) is 5.75 Å². The largest absolute Gasteiger partial charge is 0.508 e. The fourth-order valence-electron chi connectivity index (χ4n) is 7.52. The number of anilines is 3. The third-order valence-corrected chi connectivity index (χ3v) is 9.71. The highest BCUT2D eigenvalue weighted by molar-refractivity contribution is 6.22. The zero-order chi connectivity index (χ0) is 32.5. The van der Waals surface area contributed by atoms with E-state index in [0.29, 0.717) is 25.1 Å². The summed E-state index contributed by atoms with van der Waals surface area (Å²) in [6.45, 7) is 4.78. The fraction of sp³-hybridized carbons (Fsp3) is 0.275. The van der Waals surface area contributed by atoms with Crippen LogP contribution in [0.25, 0.3) is 11.6 Å². The predicted molar refractivity (Wildman–Crippen MR) is 185 cm³/mol. The number of carbonyl (C=O) groups excluding carboxylic acids is 2. The number of allylic oxidation sites excluding steroid dienone is 2. The number of aromatic hydroxyl groups is 1. The van der Waals surface area contributed by atoms with E-state index in [1.165, 1.54) is 16.0 Å². The molecule has 2 saturated heterocycles. The summed E-state index contributed by atoms with van der Waals surface area (Å²) < 4.78 is 6.51. The van der Waals surface area contributed by atoms with Crippen LogP contribution in [0.2, 0.25) is 0 Å². The molecule has 7 nitrogen and oxygen atoms in total. The van der Waals surface area contributed by atoms with Crippen molar-refractivity contribution in [2.45, 2.75) is 39.2 Å². The molecule has 0 saturated carbocycles. The van der Waals surface area contributed by atoms with Gasteiger partial charge in [0, 0.05) is 23.5 Å². The van der Waals surface area contributed by atoms with Crippen molar-refractivity contribution in [1.82, 2.24) is 4.98 Å². The van der Waals surface area contributed by atoms with Crippen LogP contribution in [-0.4, -0.2) is 34.6 Å². The van der Waals surface area contributed by atoms with Crippen LogP contribution in [0.1, 0.15) is 44.4 Å². The molecular weight excluding hydrogens is 586 g/mol. The number of carbonyl (C=O) groups is 2. The maximum Gasteiger partial charge on any atom is 0.238 e. The highest BCUT2D eigenvalue weighted by Crippen LogP contribution is 2.52. The second-order valence-electron chi connectivity index (χ2n) is 13.0. The van der Waals surface area contributed by atoms with Gasteiger partial charge in [0.25, 0.3) is 0 Å². The summed E-state index contributed by atoms with van der Waals surface area (Å²) in [6.07, 6.45) is 5.72. The van der Waals surface area contributed by atoms with E-state index in [-0.39, 0.29) is 41.4 Å². The van der Waals surface area contributed by atoms with Crippen molar-refractivity contribution in [2.24, 2.45) is 23.7 Å². The molecule has 0 bridgehead atoms. The molecule has 2 fully saturated rings. The lowest BCUT2D eigenvalue weighted by Crippen LogP contribution is -2.35. The average molecular weight is 626 g/mol. The molecule has 7 rings (SSSR count). The van der Waals surface area contributed by atoms with Gasteiger partial charge in [-0.3, -0.25) is 19.5 Å². The van der Waals surface area contributed by atoms with Crippen LogP contribution in [0.3, 0.4) is 0 Å². The van der Waals surface area contributed by atoms with Gasteiger partial charge in [-0.05, 0) is 109 Å². The molecule has 1 aliphatic carbocycles. The Hall–Kier alpha value is -5.01. The van der Waals surface area contributed by atoms with Crippen molar-refractivity contribution in [3.63, 3.8) is 0 Å². The number of rotatable bonds is 9. The van der Waals surface area contributed by atoms with E-state index in [2.05, 4.69) is 30.2 Å². The van der Waals surface area contributed by atoms with Crippen LogP contribution < -0.4 is 10.2 Å². The minimum absolute atomic E-state index is 0.115. The lowest BCUT2D eigenvalue weighted by atomic mass is 9.67. The number of imide groups is 1. The standard InChI is InChI=1S/C40H39N3O4/c1-25(2)32-23-33-38(40(46)43(39(33)45)30-17-15-29(16-18-30)42-28-10-4-3-5-11-28)34-24-47-36(37(32)34)19-14-27(35-13-6-7-20-41-35)21-26-9-8-12-31(44)22-26/h3-13,15-18,20-22,25,33-34,36,38,42,44H,14,19,23-24H2,1-2H3/b27-21-/t33-,34+,36-,38-/m1/s1. The molecule has 0 unspecified atom stereocenters. The fourth-order valence-corrected chi connectivity index (χ4v) is 7.52. The van der Waals surface area contributed by atoms with Gasteiger partial charge in [-0.15, -0.1) is 0 Å². The molecule has 3 aromatic carbocycles. The number of hydrogen-bond acceptors (Lipinski definition) is 6. The van der Waals surface area contributed by atoms with Crippen LogP contribution in [0.15, 0.2) is 114 Å². The SMILES string of the molecule is CC(C)C1=C2[C@@H](CC/C(=C/c3cccc(O)c3)c3ccccn3)OC[C@@H]2[C@@H]2C(=O)N(c3ccc(Nc4ccccc4)cc3)C(=O)[C@@H]2C1. The topological polar surface area (TPSA) is 91.8 Å². The molecule has 2 amide bonds. The number of hydrogen-bond donors (Lipinski definition) is 2. The number of amides is 2. The summed E-state index contributed by atoms with van der Waals surface area (Å²) in [7, 11) is 0. The van der Waals surface area contributed by atoms with E-state index < -0.39 is 5.92 Å². The summed E-state index contributed by atoms with van der Waals surface area (Å²) >= 11 is 0. The minimum Gasteiger partial charge on any atom is -0.508 e. The highest BCUT2D eigenvalue weighted by atomic mass is 16.5. The number of nitrogens with zero attached hydrogens (tertiary/aromatic N) is 2. The lowest BCUT2D eigenvalue weighted by Gasteiger charge is -2.33.